The highest BCUT2D eigenvalue weighted by molar-refractivity contribution is 4.92. The molecule has 7 heteroatoms. The molecule has 0 bridgehead atoms. The molecule has 1 saturated heterocycles. The van der Waals surface area contributed by atoms with E-state index >= 15 is 0 Å². The maximum atomic E-state index is 6.13. The Labute approximate surface area is 178 Å². The van der Waals surface area contributed by atoms with Gasteiger partial charge in [-0.1, -0.05) is 32.6 Å². The molecule has 1 fully saturated rings. The molecule has 7 nitrogen and oxygen atoms in total. The van der Waals surface area contributed by atoms with Gasteiger partial charge in [0.2, 0.25) is 0 Å². The van der Waals surface area contributed by atoms with Crippen LogP contribution < -0.4 is 0 Å². The first kappa shape index (κ1) is 26.8. The Morgan fingerprint density at radius 1 is 0.759 bits per heavy atom. The van der Waals surface area contributed by atoms with E-state index in [-0.39, 0.29) is 24.4 Å². The second kappa shape index (κ2) is 14.7. The number of nitrogens with zero attached hydrogens (tertiary/aromatic N) is 1. The van der Waals surface area contributed by atoms with E-state index in [0.717, 1.165) is 17.6 Å². The number of ether oxygens (including phenoxy) is 6. The van der Waals surface area contributed by atoms with Crippen molar-refractivity contribution in [3.63, 3.8) is 0 Å². The van der Waals surface area contributed by atoms with Gasteiger partial charge in [0.15, 0.2) is 6.29 Å². The summed E-state index contributed by atoms with van der Waals surface area (Å²) in [5.74, 6) is 0. The van der Waals surface area contributed by atoms with Crippen LogP contribution in [0.3, 0.4) is 0 Å². The highest BCUT2D eigenvalue weighted by Gasteiger charge is 2.47. The van der Waals surface area contributed by atoms with Gasteiger partial charge in [0.1, 0.15) is 31.0 Å². The zero-order valence-corrected chi connectivity index (χ0v) is 19.9. The van der Waals surface area contributed by atoms with Crippen LogP contribution in [0.25, 0.3) is 0 Å². The van der Waals surface area contributed by atoms with Crippen molar-refractivity contribution in [2.24, 2.45) is 0 Å². The predicted molar refractivity (Wildman–Crippen MR) is 114 cm³/mol. The molecule has 5 atom stereocenters. The molecule has 0 aromatic heterocycles. The third-order valence-corrected chi connectivity index (χ3v) is 5.83. The zero-order valence-electron chi connectivity index (χ0n) is 19.9. The topological polar surface area (TPSA) is 55.4 Å². The summed E-state index contributed by atoms with van der Waals surface area (Å²) in [6, 6.07) is 0. The molecule has 0 spiro atoms. The molecule has 1 heterocycles. The lowest BCUT2D eigenvalue weighted by atomic mass is 9.98. The minimum absolute atomic E-state index is 0.267. The lowest BCUT2D eigenvalue weighted by molar-refractivity contribution is -0.891. The van der Waals surface area contributed by atoms with Crippen LogP contribution in [0.5, 0.6) is 0 Å². The van der Waals surface area contributed by atoms with E-state index in [0.29, 0.717) is 13.2 Å². The van der Waals surface area contributed by atoms with Crippen molar-refractivity contribution in [1.29, 1.82) is 0 Å². The molecule has 1 aliphatic rings. The number of methoxy groups -OCH3 is 4. The van der Waals surface area contributed by atoms with Crippen molar-refractivity contribution in [3.05, 3.63) is 0 Å². The summed E-state index contributed by atoms with van der Waals surface area (Å²) in [5.41, 5.74) is 0. The van der Waals surface area contributed by atoms with Gasteiger partial charge in [-0.25, -0.2) is 0 Å². The van der Waals surface area contributed by atoms with Crippen molar-refractivity contribution in [1.82, 2.24) is 0 Å². The predicted octanol–water partition coefficient (Wildman–Crippen LogP) is 2.86. The van der Waals surface area contributed by atoms with Gasteiger partial charge in [0.05, 0.1) is 33.9 Å². The summed E-state index contributed by atoms with van der Waals surface area (Å²) in [7, 11) is 11.1. The summed E-state index contributed by atoms with van der Waals surface area (Å²) in [5, 5.41) is 0. The van der Waals surface area contributed by atoms with Crippen LogP contribution in [0.1, 0.15) is 45.4 Å². The normalized spacial score (nSPS) is 28.0. The van der Waals surface area contributed by atoms with Gasteiger partial charge in [-0.05, 0) is 12.8 Å². The van der Waals surface area contributed by atoms with Gasteiger partial charge in [-0.15, -0.1) is 0 Å². The fourth-order valence-corrected chi connectivity index (χ4v) is 3.96. The lowest BCUT2D eigenvalue weighted by Crippen LogP contribution is -2.61. The van der Waals surface area contributed by atoms with Crippen molar-refractivity contribution < 1.29 is 32.9 Å². The molecule has 1 rings (SSSR count). The second-order valence-electron chi connectivity index (χ2n) is 8.62. The van der Waals surface area contributed by atoms with Crippen molar-refractivity contribution in [3.8, 4) is 0 Å². The Morgan fingerprint density at radius 3 is 1.97 bits per heavy atom. The van der Waals surface area contributed by atoms with E-state index in [2.05, 4.69) is 21.0 Å². The molecule has 0 aliphatic carbocycles. The molecule has 29 heavy (non-hydrogen) atoms. The summed E-state index contributed by atoms with van der Waals surface area (Å²) in [6.45, 7) is 5.35. The molecule has 5 unspecified atom stereocenters. The summed E-state index contributed by atoms with van der Waals surface area (Å²) < 4.78 is 35.4. The second-order valence-corrected chi connectivity index (χ2v) is 8.62. The number of hydrogen-bond acceptors (Lipinski definition) is 6. The van der Waals surface area contributed by atoms with Gasteiger partial charge >= 0.3 is 0 Å². The molecule has 0 N–H and O–H groups in total. The first-order chi connectivity index (χ1) is 13.9. The first-order valence-corrected chi connectivity index (χ1v) is 11.1. The molecule has 0 saturated carbocycles. The third kappa shape index (κ3) is 9.17. The Hall–Kier alpha value is -0.280. The van der Waals surface area contributed by atoms with E-state index in [1.807, 2.05) is 0 Å². The number of likely N-dealkylation sites (N-methyl/N-ethyl adjacent to an activating group) is 1. The third-order valence-electron chi connectivity index (χ3n) is 5.83. The van der Waals surface area contributed by atoms with Crippen LogP contribution in [0.15, 0.2) is 0 Å². The Morgan fingerprint density at radius 2 is 1.38 bits per heavy atom. The van der Waals surface area contributed by atoms with E-state index in [1.54, 1.807) is 28.4 Å². The highest BCUT2D eigenvalue weighted by Crippen LogP contribution is 2.28. The van der Waals surface area contributed by atoms with Crippen LogP contribution in [-0.2, 0) is 28.4 Å². The molecule has 0 radical (unpaired) electrons. The standard InChI is InChI=1S/C22H46NO6/c1-8-9-10-11-12-13-14-23(2,3)15-16-28-22-21(27-7)20(26-6)19(25-5)18(29-22)17-24-4/h18-22H,8-17H2,1-7H3/q+1. The van der Waals surface area contributed by atoms with Gasteiger partial charge in [0, 0.05) is 28.4 Å². The van der Waals surface area contributed by atoms with E-state index in [1.165, 1.54) is 38.5 Å². The van der Waals surface area contributed by atoms with Gasteiger partial charge in [-0.3, -0.25) is 0 Å². The monoisotopic (exact) mass is 420 g/mol. The average molecular weight is 421 g/mol. The molecule has 174 valence electrons. The fraction of sp³-hybridized carbons (Fsp3) is 1.00. The van der Waals surface area contributed by atoms with Crippen molar-refractivity contribution in [2.45, 2.75) is 76.2 Å². The largest absolute Gasteiger partial charge is 0.382 e. The minimum atomic E-state index is -0.509. The Balaban J connectivity index is 2.50. The average Bonchev–Trinajstić information content (AvgIpc) is 2.70. The summed E-state index contributed by atoms with van der Waals surface area (Å²) in [6.07, 6.45) is 6.23. The van der Waals surface area contributed by atoms with Crippen LogP contribution in [0.4, 0.5) is 0 Å². The Bertz CT molecular complexity index is 409. The minimum Gasteiger partial charge on any atom is -0.382 e. The van der Waals surface area contributed by atoms with E-state index in [9.17, 15) is 0 Å². The van der Waals surface area contributed by atoms with Crippen LogP contribution in [0, 0.1) is 0 Å². The van der Waals surface area contributed by atoms with Crippen molar-refractivity contribution in [2.75, 3.05) is 68.8 Å². The van der Waals surface area contributed by atoms with Crippen LogP contribution >= 0.6 is 0 Å². The Kier molecular flexibility index (Phi) is 13.5. The molecule has 0 aromatic rings. The fourth-order valence-electron chi connectivity index (χ4n) is 3.96. The highest BCUT2D eigenvalue weighted by atomic mass is 16.7. The van der Waals surface area contributed by atoms with Gasteiger partial charge < -0.3 is 32.9 Å². The van der Waals surface area contributed by atoms with Crippen LogP contribution in [-0.4, -0.2) is 104 Å². The summed E-state index contributed by atoms with van der Waals surface area (Å²) >= 11 is 0. The molecular formula is C22H46NO6+. The quantitative estimate of drug-likeness (QED) is 0.283. The number of rotatable bonds is 16. The SMILES string of the molecule is CCCCCCCC[N+](C)(C)CCOC1OC(COC)C(OC)C(OC)C1OC. The van der Waals surface area contributed by atoms with Crippen LogP contribution in [0.2, 0.25) is 0 Å². The maximum Gasteiger partial charge on any atom is 0.187 e. The summed E-state index contributed by atoms with van der Waals surface area (Å²) in [4.78, 5) is 0. The van der Waals surface area contributed by atoms with E-state index < -0.39 is 6.29 Å². The molecule has 0 amide bonds. The number of quaternary nitrogens is 1. The van der Waals surface area contributed by atoms with E-state index in [4.69, 9.17) is 28.4 Å². The lowest BCUT2D eigenvalue weighted by Gasteiger charge is -2.44. The number of unbranched alkanes of at least 4 members (excludes halogenated alkanes) is 5. The molecular weight excluding hydrogens is 374 g/mol. The van der Waals surface area contributed by atoms with Crippen molar-refractivity contribution >= 4 is 0 Å². The zero-order chi connectivity index (χ0) is 21.7. The van der Waals surface area contributed by atoms with Gasteiger partial charge in [-0.2, -0.15) is 0 Å². The molecule has 1 aliphatic heterocycles. The number of hydrogen-bond donors (Lipinski definition) is 0. The van der Waals surface area contributed by atoms with Gasteiger partial charge in [0.25, 0.3) is 0 Å². The maximum absolute atomic E-state index is 6.13. The molecule has 0 aromatic carbocycles. The smallest absolute Gasteiger partial charge is 0.187 e. The first-order valence-electron chi connectivity index (χ1n) is 11.1.